The van der Waals surface area contributed by atoms with Crippen molar-refractivity contribution in [2.75, 3.05) is 25.5 Å². The van der Waals surface area contributed by atoms with E-state index in [9.17, 15) is 4.79 Å². The Morgan fingerprint density at radius 2 is 1.92 bits per heavy atom. The Balaban J connectivity index is 1.91. The predicted octanol–water partition coefficient (Wildman–Crippen LogP) is 3.74. The number of aryl methyl sites for hydroxylation is 2. The van der Waals surface area contributed by atoms with Gasteiger partial charge in [-0.05, 0) is 44.4 Å². The molecule has 132 valence electrons. The number of ether oxygens (including phenoxy) is 1. The van der Waals surface area contributed by atoms with Gasteiger partial charge in [-0.3, -0.25) is 4.79 Å². The number of halogens is 1. The molecule has 1 fully saturated rings. The van der Waals surface area contributed by atoms with Crippen LogP contribution < -0.4 is 10.1 Å². The number of anilines is 2. The fraction of sp³-hybridized carbons (Fsp3) is 0.389. The van der Waals surface area contributed by atoms with Gasteiger partial charge in [-0.25, -0.2) is 9.97 Å². The second-order valence-electron chi connectivity index (χ2n) is 6.14. The van der Waals surface area contributed by atoms with E-state index < -0.39 is 0 Å². The van der Waals surface area contributed by atoms with E-state index in [4.69, 9.17) is 16.3 Å². The van der Waals surface area contributed by atoms with Gasteiger partial charge in [0, 0.05) is 29.9 Å². The normalized spacial score (nSPS) is 13.8. The number of benzene rings is 1. The summed E-state index contributed by atoms with van der Waals surface area (Å²) in [4.78, 5) is 23.2. The molecule has 1 amide bonds. The van der Waals surface area contributed by atoms with E-state index in [1.54, 1.807) is 19.2 Å². The lowest BCUT2D eigenvalue weighted by Crippen LogP contribution is -2.28. The van der Waals surface area contributed by atoms with E-state index in [1.165, 1.54) is 0 Å². The minimum Gasteiger partial charge on any atom is -0.495 e. The topological polar surface area (TPSA) is 67.3 Å². The largest absolute Gasteiger partial charge is 0.495 e. The van der Waals surface area contributed by atoms with E-state index in [0.717, 1.165) is 37.2 Å². The molecule has 1 aromatic carbocycles. The average Bonchev–Trinajstić information content (AvgIpc) is 3.11. The lowest BCUT2D eigenvalue weighted by Gasteiger charge is -2.16. The van der Waals surface area contributed by atoms with Crippen LogP contribution in [0.15, 0.2) is 18.2 Å². The van der Waals surface area contributed by atoms with Gasteiger partial charge in [-0.1, -0.05) is 11.6 Å². The van der Waals surface area contributed by atoms with Crippen LogP contribution in [0.25, 0.3) is 0 Å². The van der Waals surface area contributed by atoms with Gasteiger partial charge in [0.2, 0.25) is 5.95 Å². The molecule has 0 aliphatic carbocycles. The third-order valence-corrected chi connectivity index (χ3v) is 4.60. The fourth-order valence-electron chi connectivity index (χ4n) is 2.87. The van der Waals surface area contributed by atoms with Crippen LogP contribution in [0.2, 0.25) is 5.02 Å². The van der Waals surface area contributed by atoms with Crippen molar-refractivity contribution < 1.29 is 9.53 Å². The maximum Gasteiger partial charge on any atom is 0.272 e. The Morgan fingerprint density at radius 3 is 2.60 bits per heavy atom. The number of aromatic nitrogens is 2. The Hall–Kier alpha value is -2.34. The average molecular weight is 361 g/mol. The molecule has 0 saturated carbocycles. The highest BCUT2D eigenvalue weighted by atomic mass is 35.5. The summed E-state index contributed by atoms with van der Waals surface area (Å²) in [6.45, 7) is 5.33. The van der Waals surface area contributed by atoms with E-state index >= 15 is 0 Å². The standard InChI is InChI=1S/C18H21ClN4O2/c1-11-8-14(16(25-3)10-13(11)19)21-18-20-12(2)9-15(22-18)17(24)23-6-4-5-7-23/h8-10H,4-7H2,1-3H3,(H,20,21,22). The molecule has 6 nitrogen and oxygen atoms in total. The Labute approximate surface area is 152 Å². The van der Waals surface area contributed by atoms with Crippen LogP contribution in [0, 0.1) is 13.8 Å². The molecule has 1 aliphatic heterocycles. The van der Waals surface area contributed by atoms with Gasteiger partial charge in [0.05, 0.1) is 12.8 Å². The summed E-state index contributed by atoms with van der Waals surface area (Å²) < 4.78 is 5.36. The fourth-order valence-corrected chi connectivity index (χ4v) is 3.02. The summed E-state index contributed by atoms with van der Waals surface area (Å²) in [5.74, 6) is 0.904. The molecule has 1 saturated heterocycles. The Bertz CT molecular complexity index is 804. The molecule has 3 rings (SSSR count). The molecular formula is C18H21ClN4O2. The van der Waals surface area contributed by atoms with Crippen LogP contribution in [0.3, 0.4) is 0 Å². The van der Waals surface area contributed by atoms with Gasteiger partial charge in [0.1, 0.15) is 11.4 Å². The number of amides is 1. The molecule has 0 radical (unpaired) electrons. The Kier molecular flexibility index (Phi) is 5.08. The van der Waals surface area contributed by atoms with E-state index in [2.05, 4.69) is 15.3 Å². The van der Waals surface area contributed by atoms with E-state index in [1.807, 2.05) is 24.8 Å². The van der Waals surface area contributed by atoms with Crippen molar-refractivity contribution in [3.05, 3.63) is 40.2 Å². The van der Waals surface area contributed by atoms with Crippen LogP contribution >= 0.6 is 11.6 Å². The van der Waals surface area contributed by atoms with Gasteiger partial charge in [0.25, 0.3) is 5.91 Å². The number of methoxy groups -OCH3 is 1. The predicted molar refractivity (Wildman–Crippen MR) is 97.9 cm³/mol. The highest BCUT2D eigenvalue weighted by molar-refractivity contribution is 6.31. The number of nitrogens with zero attached hydrogens (tertiary/aromatic N) is 3. The Morgan fingerprint density at radius 1 is 1.20 bits per heavy atom. The lowest BCUT2D eigenvalue weighted by atomic mass is 10.2. The highest BCUT2D eigenvalue weighted by Gasteiger charge is 2.21. The molecule has 1 N–H and O–H groups in total. The van der Waals surface area contributed by atoms with Gasteiger partial charge in [0.15, 0.2) is 0 Å². The second kappa shape index (κ2) is 7.27. The van der Waals surface area contributed by atoms with Crippen LogP contribution in [0.4, 0.5) is 11.6 Å². The first-order valence-corrected chi connectivity index (χ1v) is 8.62. The number of carbonyl (C=O) groups excluding carboxylic acids is 1. The zero-order valence-electron chi connectivity index (χ0n) is 14.6. The van der Waals surface area contributed by atoms with Crippen molar-refractivity contribution in [3.8, 4) is 5.75 Å². The molecule has 25 heavy (non-hydrogen) atoms. The van der Waals surface area contributed by atoms with E-state index in [0.29, 0.717) is 28.1 Å². The van der Waals surface area contributed by atoms with Crippen LogP contribution in [0.5, 0.6) is 5.75 Å². The van der Waals surface area contributed by atoms with Crippen LogP contribution in [-0.4, -0.2) is 41.0 Å². The van der Waals surface area contributed by atoms with Crippen molar-refractivity contribution in [3.63, 3.8) is 0 Å². The minimum absolute atomic E-state index is 0.0506. The molecule has 1 aromatic heterocycles. The van der Waals surface area contributed by atoms with Crippen molar-refractivity contribution in [2.45, 2.75) is 26.7 Å². The van der Waals surface area contributed by atoms with Gasteiger partial charge in [-0.15, -0.1) is 0 Å². The van der Waals surface area contributed by atoms with Gasteiger partial charge < -0.3 is 15.0 Å². The van der Waals surface area contributed by atoms with Crippen LogP contribution in [-0.2, 0) is 0 Å². The number of rotatable bonds is 4. The molecule has 2 heterocycles. The summed E-state index contributed by atoms with van der Waals surface area (Å²) in [6, 6.07) is 5.33. The SMILES string of the molecule is COc1cc(Cl)c(C)cc1Nc1nc(C)cc(C(=O)N2CCCC2)n1. The zero-order chi connectivity index (χ0) is 18.0. The van der Waals surface area contributed by atoms with Crippen molar-refractivity contribution in [1.29, 1.82) is 0 Å². The number of nitrogens with one attached hydrogen (secondary N) is 1. The zero-order valence-corrected chi connectivity index (χ0v) is 15.4. The molecule has 2 aromatic rings. The van der Waals surface area contributed by atoms with Crippen molar-refractivity contribution in [2.24, 2.45) is 0 Å². The molecule has 0 atom stereocenters. The number of hydrogen-bond acceptors (Lipinski definition) is 5. The summed E-state index contributed by atoms with van der Waals surface area (Å²) >= 11 is 6.14. The lowest BCUT2D eigenvalue weighted by molar-refractivity contribution is 0.0787. The van der Waals surface area contributed by atoms with Crippen molar-refractivity contribution >= 4 is 29.1 Å². The second-order valence-corrected chi connectivity index (χ2v) is 6.55. The van der Waals surface area contributed by atoms with Crippen molar-refractivity contribution in [1.82, 2.24) is 14.9 Å². The minimum atomic E-state index is -0.0506. The van der Waals surface area contributed by atoms with E-state index in [-0.39, 0.29) is 5.91 Å². The van der Waals surface area contributed by atoms with Gasteiger partial charge >= 0.3 is 0 Å². The molecule has 1 aliphatic rings. The smallest absolute Gasteiger partial charge is 0.272 e. The summed E-state index contributed by atoms with van der Waals surface area (Å²) in [7, 11) is 1.58. The first-order chi connectivity index (χ1) is 12.0. The third-order valence-electron chi connectivity index (χ3n) is 4.19. The molecular weight excluding hydrogens is 340 g/mol. The number of likely N-dealkylation sites (tertiary alicyclic amines) is 1. The monoisotopic (exact) mass is 360 g/mol. The number of carbonyl (C=O) groups is 1. The summed E-state index contributed by atoms with van der Waals surface area (Å²) in [5.41, 5.74) is 2.74. The van der Waals surface area contributed by atoms with Crippen LogP contribution in [0.1, 0.15) is 34.6 Å². The molecule has 0 unspecified atom stereocenters. The quantitative estimate of drug-likeness (QED) is 0.899. The molecule has 0 bridgehead atoms. The summed E-state index contributed by atoms with van der Waals surface area (Å²) in [5, 5.41) is 3.76. The van der Waals surface area contributed by atoms with Gasteiger partial charge in [-0.2, -0.15) is 0 Å². The number of hydrogen-bond donors (Lipinski definition) is 1. The first kappa shape index (κ1) is 17.5. The maximum atomic E-state index is 12.6. The highest BCUT2D eigenvalue weighted by Crippen LogP contribution is 2.32. The first-order valence-electron chi connectivity index (χ1n) is 8.24. The third kappa shape index (κ3) is 3.85. The summed E-state index contributed by atoms with van der Waals surface area (Å²) in [6.07, 6.45) is 2.09. The molecule has 0 spiro atoms. The maximum absolute atomic E-state index is 12.6. The molecule has 7 heteroatoms.